The van der Waals surface area contributed by atoms with Crippen molar-refractivity contribution in [2.24, 2.45) is 0 Å². The fourth-order valence-electron chi connectivity index (χ4n) is 4.52. The Morgan fingerprint density at radius 2 is 1.75 bits per heavy atom. The molecule has 0 saturated carbocycles. The first-order valence-corrected chi connectivity index (χ1v) is 11.4. The lowest BCUT2D eigenvalue weighted by molar-refractivity contribution is -0.137. The van der Waals surface area contributed by atoms with Crippen LogP contribution in [0.2, 0.25) is 0 Å². The van der Waals surface area contributed by atoms with Gasteiger partial charge < -0.3 is 14.5 Å². The van der Waals surface area contributed by atoms with Crippen LogP contribution in [0.1, 0.15) is 65.7 Å². The summed E-state index contributed by atoms with van der Waals surface area (Å²) >= 11 is 0. The van der Waals surface area contributed by atoms with Crippen molar-refractivity contribution in [3.05, 3.63) is 58.7 Å². The number of likely N-dealkylation sites (tertiary alicyclic amines) is 1. The quantitative estimate of drug-likeness (QED) is 0.736. The van der Waals surface area contributed by atoms with Crippen LogP contribution in [0.3, 0.4) is 0 Å². The van der Waals surface area contributed by atoms with Gasteiger partial charge in [0.1, 0.15) is 0 Å². The van der Waals surface area contributed by atoms with Gasteiger partial charge in [-0.15, -0.1) is 0 Å². The maximum absolute atomic E-state index is 13.6. The van der Waals surface area contributed by atoms with E-state index in [1.54, 1.807) is 11.1 Å². The Labute approximate surface area is 189 Å². The summed E-state index contributed by atoms with van der Waals surface area (Å²) in [5.74, 6) is 0.641. The zero-order chi connectivity index (χ0) is 22.9. The summed E-state index contributed by atoms with van der Waals surface area (Å²) in [5.41, 5.74) is 2.71. The molecule has 2 aliphatic heterocycles. The second-order valence-electron chi connectivity index (χ2n) is 9.28. The van der Waals surface area contributed by atoms with E-state index in [4.69, 9.17) is 4.74 Å². The summed E-state index contributed by atoms with van der Waals surface area (Å²) in [4.78, 5) is 39.4. The van der Waals surface area contributed by atoms with Crippen molar-refractivity contribution in [1.29, 1.82) is 0 Å². The summed E-state index contributed by atoms with van der Waals surface area (Å²) in [6.07, 6.45) is 3.37. The summed E-state index contributed by atoms with van der Waals surface area (Å²) in [7, 11) is 0. The maximum Gasteiger partial charge on any atom is 0.257 e. The van der Waals surface area contributed by atoms with Gasteiger partial charge in [-0.25, -0.2) is 9.97 Å². The summed E-state index contributed by atoms with van der Waals surface area (Å²) in [6, 6.07) is 7.99. The molecule has 2 aliphatic rings. The number of morpholine rings is 1. The number of carbonyl (C=O) groups is 2. The number of aryl methyl sites for hydroxylation is 2. The van der Waals surface area contributed by atoms with Crippen molar-refractivity contribution < 1.29 is 14.3 Å². The molecule has 32 heavy (non-hydrogen) atoms. The molecular weight excluding hydrogens is 404 g/mol. The first kappa shape index (κ1) is 22.4. The minimum absolute atomic E-state index is 0.0581. The standard InChI is InChI=1S/C25H32N4O3/c1-17-7-9-19(10-8-17)25(3,4)24(31)29-11-5-6-21(29)22-26-16-20(18(2)27-22)23(30)28-12-14-32-15-13-28/h7-10,16,21H,5-6,11-15H2,1-4H3/t21-/m0/s1. The van der Waals surface area contributed by atoms with Crippen LogP contribution in [-0.4, -0.2) is 64.4 Å². The molecule has 0 spiro atoms. The van der Waals surface area contributed by atoms with Gasteiger partial charge in [0.2, 0.25) is 5.91 Å². The van der Waals surface area contributed by atoms with E-state index >= 15 is 0 Å². The molecule has 0 aliphatic carbocycles. The number of ether oxygens (including phenoxy) is 1. The van der Waals surface area contributed by atoms with Gasteiger partial charge in [-0.1, -0.05) is 29.8 Å². The summed E-state index contributed by atoms with van der Waals surface area (Å²) < 4.78 is 5.34. The van der Waals surface area contributed by atoms with Gasteiger partial charge in [0.05, 0.1) is 35.9 Å². The SMILES string of the molecule is Cc1ccc(C(C)(C)C(=O)N2CCC[C@H]2c2ncc(C(=O)N3CCOCC3)c(C)n2)cc1. The third-order valence-electron chi connectivity index (χ3n) is 6.65. The van der Waals surface area contributed by atoms with Crippen LogP contribution in [0.15, 0.2) is 30.5 Å². The van der Waals surface area contributed by atoms with Gasteiger partial charge in [0.25, 0.3) is 5.91 Å². The monoisotopic (exact) mass is 436 g/mol. The Morgan fingerprint density at radius 1 is 1.06 bits per heavy atom. The van der Waals surface area contributed by atoms with E-state index in [0.29, 0.717) is 49.9 Å². The van der Waals surface area contributed by atoms with Crippen LogP contribution in [0.5, 0.6) is 0 Å². The third kappa shape index (κ3) is 4.26. The van der Waals surface area contributed by atoms with Crippen molar-refractivity contribution >= 4 is 11.8 Å². The van der Waals surface area contributed by atoms with Gasteiger partial charge in [0, 0.05) is 25.8 Å². The van der Waals surface area contributed by atoms with Crippen molar-refractivity contribution in [2.75, 3.05) is 32.8 Å². The Morgan fingerprint density at radius 3 is 2.41 bits per heavy atom. The number of nitrogens with zero attached hydrogens (tertiary/aromatic N) is 4. The van der Waals surface area contributed by atoms with Crippen LogP contribution in [0, 0.1) is 13.8 Å². The molecule has 170 valence electrons. The van der Waals surface area contributed by atoms with E-state index in [9.17, 15) is 9.59 Å². The van der Waals surface area contributed by atoms with E-state index in [2.05, 4.69) is 9.97 Å². The van der Waals surface area contributed by atoms with Crippen LogP contribution in [0.4, 0.5) is 0 Å². The minimum Gasteiger partial charge on any atom is -0.378 e. The fraction of sp³-hybridized carbons (Fsp3) is 0.520. The smallest absolute Gasteiger partial charge is 0.257 e. The predicted octanol–water partition coefficient (Wildman–Crippen LogP) is 3.21. The van der Waals surface area contributed by atoms with Crippen LogP contribution in [0.25, 0.3) is 0 Å². The number of benzene rings is 1. The first-order valence-electron chi connectivity index (χ1n) is 11.4. The van der Waals surface area contributed by atoms with Gasteiger partial charge in [-0.3, -0.25) is 9.59 Å². The van der Waals surface area contributed by atoms with Crippen LogP contribution in [-0.2, 0) is 14.9 Å². The molecule has 0 unspecified atom stereocenters. The number of aromatic nitrogens is 2. The number of hydrogen-bond donors (Lipinski definition) is 0. The number of amides is 2. The number of rotatable bonds is 4. The number of carbonyl (C=O) groups excluding carboxylic acids is 2. The highest BCUT2D eigenvalue weighted by molar-refractivity contribution is 5.95. The van der Waals surface area contributed by atoms with E-state index in [1.165, 1.54) is 5.56 Å². The lowest BCUT2D eigenvalue weighted by Gasteiger charge is -2.33. The van der Waals surface area contributed by atoms with Crippen molar-refractivity contribution in [2.45, 2.75) is 52.0 Å². The topological polar surface area (TPSA) is 75.6 Å². The van der Waals surface area contributed by atoms with E-state index < -0.39 is 5.41 Å². The zero-order valence-electron chi connectivity index (χ0n) is 19.4. The van der Waals surface area contributed by atoms with Crippen LogP contribution >= 0.6 is 0 Å². The molecule has 2 aromatic rings. The average molecular weight is 437 g/mol. The first-order chi connectivity index (χ1) is 15.3. The fourth-order valence-corrected chi connectivity index (χ4v) is 4.52. The highest BCUT2D eigenvalue weighted by Crippen LogP contribution is 2.35. The van der Waals surface area contributed by atoms with E-state index in [0.717, 1.165) is 18.4 Å². The molecule has 2 amide bonds. The molecule has 0 N–H and O–H groups in total. The lowest BCUT2D eigenvalue weighted by atomic mass is 9.82. The lowest BCUT2D eigenvalue weighted by Crippen LogP contribution is -2.43. The van der Waals surface area contributed by atoms with Gasteiger partial charge in [-0.2, -0.15) is 0 Å². The van der Waals surface area contributed by atoms with Gasteiger partial charge in [0.15, 0.2) is 5.82 Å². The Hall–Kier alpha value is -2.80. The predicted molar refractivity (Wildman–Crippen MR) is 121 cm³/mol. The Bertz CT molecular complexity index is 997. The molecule has 2 fully saturated rings. The summed E-state index contributed by atoms with van der Waals surface area (Å²) in [5, 5.41) is 0. The second kappa shape index (κ2) is 8.98. The highest BCUT2D eigenvalue weighted by Gasteiger charge is 2.40. The molecule has 0 radical (unpaired) electrons. The molecule has 1 aromatic heterocycles. The second-order valence-corrected chi connectivity index (χ2v) is 9.28. The Kier molecular flexibility index (Phi) is 6.29. The van der Waals surface area contributed by atoms with Crippen molar-refractivity contribution in [3.63, 3.8) is 0 Å². The number of hydrogen-bond acceptors (Lipinski definition) is 5. The molecule has 1 atom stereocenters. The maximum atomic E-state index is 13.6. The van der Waals surface area contributed by atoms with Crippen LogP contribution < -0.4 is 0 Å². The molecule has 3 heterocycles. The molecular formula is C25H32N4O3. The van der Waals surface area contributed by atoms with E-state index in [-0.39, 0.29) is 17.9 Å². The summed E-state index contributed by atoms with van der Waals surface area (Å²) in [6.45, 7) is 10.8. The molecule has 2 saturated heterocycles. The minimum atomic E-state index is -0.641. The van der Waals surface area contributed by atoms with Crippen molar-refractivity contribution in [3.8, 4) is 0 Å². The molecule has 7 heteroatoms. The Balaban J connectivity index is 1.55. The third-order valence-corrected chi connectivity index (χ3v) is 6.65. The van der Waals surface area contributed by atoms with Crippen molar-refractivity contribution in [1.82, 2.24) is 19.8 Å². The van der Waals surface area contributed by atoms with E-state index in [1.807, 2.05) is 56.9 Å². The normalized spacial score (nSPS) is 19.3. The average Bonchev–Trinajstić information content (AvgIpc) is 3.28. The largest absolute Gasteiger partial charge is 0.378 e. The highest BCUT2D eigenvalue weighted by atomic mass is 16.5. The zero-order valence-corrected chi connectivity index (χ0v) is 19.4. The molecule has 7 nitrogen and oxygen atoms in total. The van der Waals surface area contributed by atoms with Gasteiger partial charge in [-0.05, 0) is 46.1 Å². The molecule has 4 rings (SSSR count). The molecule has 1 aromatic carbocycles. The molecule has 0 bridgehead atoms. The van der Waals surface area contributed by atoms with Gasteiger partial charge >= 0.3 is 0 Å².